The Hall–Kier alpha value is -3.76. The van der Waals surface area contributed by atoms with Crippen molar-refractivity contribution in [1.82, 2.24) is 15.5 Å². The molecule has 1 saturated heterocycles. The maximum absolute atomic E-state index is 13.0. The normalized spacial score (nSPS) is 17.5. The summed E-state index contributed by atoms with van der Waals surface area (Å²) in [7, 11) is 0. The zero-order valence-electron chi connectivity index (χ0n) is 20.7. The summed E-state index contributed by atoms with van der Waals surface area (Å²) < 4.78 is 10.8. The van der Waals surface area contributed by atoms with Gasteiger partial charge in [-0.25, -0.2) is 0 Å². The average Bonchev–Trinajstić information content (AvgIpc) is 3.04. The first kappa shape index (κ1) is 26.8. The molecule has 3 rings (SSSR count). The molecule has 1 aromatic carbocycles. The number of nitrogens with one attached hydrogen (secondary N) is 2. The number of fused-ring (bicyclic) bond motifs is 1. The minimum atomic E-state index is -1.08. The molecule has 0 aromatic heterocycles. The van der Waals surface area contributed by atoms with Crippen molar-refractivity contribution in [1.29, 1.82) is 0 Å². The third-order valence-electron chi connectivity index (χ3n) is 5.59. The monoisotopic (exact) mass is 501 g/mol. The van der Waals surface area contributed by atoms with E-state index in [9.17, 15) is 28.8 Å². The minimum absolute atomic E-state index is 0.0119. The molecule has 194 valence electrons. The SMILES string of the molecule is CC(C)(C)OC(=O)CCCCCNC(=O)COc1cccc2c1C(=O)N(C1CCC(=O)NC1=O)C2=O. The van der Waals surface area contributed by atoms with Gasteiger partial charge in [-0.2, -0.15) is 0 Å². The molecule has 2 aliphatic heterocycles. The van der Waals surface area contributed by atoms with E-state index in [2.05, 4.69) is 10.6 Å². The summed E-state index contributed by atoms with van der Waals surface area (Å²) in [5.74, 6) is -3.10. The van der Waals surface area contributed by atoms with E-state index in [1.165, 1.54) is 18.2 Å². The van der Waals surface area contributed by atoms with Gasteiger partial charge in [-0.3, -0.25) is 39.0 Å². The van der Waals surface area contributed by atoms with Gasteiger partial charge >= 0.3 is 5.97 Å². The van der Waals surface area contributed by atoms with E-state index in [1.807, 2.05) is 20.8 Å². The second-order valence-electron chi connectivity index (χ2n) is 9.66. The number of piperidine rings is 1. The molecule has 0 spiro atoms. The maximum atomic E-state index is 13.0. The number of ether oxygens (including phenoxy) is 2. The first-order valence-electron chi connectivity index (χ1n) is 11.9. The van der Waals surface area contributed by atoms with Crippen molar-refractivity contribution in [2.75, 3.05) is 13.2 Å². The topological polar surface area (TPSA) is 148 Å². The molecule has 1 atom stereocenters. The van der Waals surface area contributed by atoms with Gasteiger partial charge in [-0.05, 0) is 52.2 Å². The van der Waals surface area contributed by atoms with Gasteiger partial charge in [0, 0.05) is 19.4 Å². The number of hydrogen-bond donors (Lipinski definition) is 2. The van der Waals surface area contributed by atoms with Crippen molar-refractivity contribution >= 4 is 35.5 Å². The molecule has 1 unspecified atom stereocenters. The number of esters is 1. The van der Waals surface area contributed by atoms with Crippen LogP contribution in [0.4, 0.5) is 0 Å². The van der Waals surface area contributed by atoms with Gasteiger partial charge in [0.15, 0.2) is 6.61 Å². The maximum Gasteiger partial charge on any atom is 0.306 e. The highest BCUT2D eigenvalue weighted by atomic mass is 16.6. The van der Waals surface area contributed by atoms with Gasteiger partial charge in [0.25, 0.3) is 17.7 Å². The van der Waals surface area contributed by atoms with Crippen LogP contribution in [-0.4, -0.2) is 65.2 Å². The van der Waals surface area contributed by atoms with Crippen LogP contribution in [0, 0.1) is 0 Å². The molecule has 2 heterocycles. The molecule has 0 radical (unpaired) electrons. The van der Waals surface area contributed by atoms with Gasteiger partial charge in [0.05, 0.1) is 11.1 Å². The second-order valence-corrected chi connectivity index (χ2v) is 9.66. The van der Waals surface area contributed by atoms with E-state index in [-0.39, 0.29) is 42.3 Å². The molecular formula is C25H31N3O8. The number of carbonyl (C=O) groups excluding carboxylic acids is 6. The van der Waals surface area contributed by atoms with Crippen LogP contribution in [0.2, 0.25) is 0 Å². The Kier molecular flexibility index (Phi) is 8.44. The molecule has 11 heteroatoms. The predicted octanol–water partition coefficient (Wildman–Crippen LogP) is 1.48. The molecule has 0 saturated carbocycles. The molecule has 2 aliphatic rings. The number of unbranched alkanes of at least 4 members (excludes halogenated alkanes) is 2. The average molecular weight is 502 g/mol. The molecule has 5 amide bonds. The van der Waals surface area contributed by atoms with Crippen LogP contribution < -0.4 is 15.4 Å². The summed E-state index contributed by atoms with van der Waals surface area (Å²) >= 11 is 0. The molecule has 2 N–H and O–H groups in total. The highest BCUT2D eigenvalue weighted by Gasteiger charge is 2.46. The zero-order chi connectivity index (χ0) is 26.5. The molecule has 0 aliphatic carbocycles. The minimum Gasteiger partial charge on any atom is -0.483 e. The van der Waals surface area contributed by atoms with Gasteiger partial charge < -0.3 is 14.8 Å². The van der Waals surface area contributed by atoms with E-state index in [4.69, 9.17) is 9.47 Å². The summed E-state index contributed by atoms with van der Waals surface area (Å²) in [5, 5.41) is 4.85. The predicted molar refractivity (Wildman–Crippen MR) is 126 cm³/mol. The first-order valence-corrected chi connectivity index (χ1v) is 11.9. The lowest BCUT2D eigenvalue weighted by atomic mass is 10.0. The summed E-state index contributed by atoms with van der Waals surface area (Å²) in [6.45, 7) is 5.47. The van der Waals surface area contributed by atoms with Crippen LogP contribution in [0.5, 0.6) is 5.75 Å². The quantitative estimate of drug-likeness (QED) is 0.278. The summed E-state index contributed by atoms with van der Waals surface area (Å²) in [6, 6.07) is 3.37. The lowest BCUT2D eigenvalue weighted by Gasteiger charge is -2.27. The zero-order valence-corrected chi connectivity index (χ0v) is 20.7. The van der Waals surface area contributed by atoms with E-state index in [0.717, 1.165) is 11.3 Å². The fourth-order valence-corrected chi connectivity index (χ4v) is 3.99. The van der Waals surface area contributed by atoms with Crippen molar-refractivity contribution in [2.24, 2.45) is 0 Å². The lowest BCUT2D eigenvalue weighted by molar-refractivity contribution is -0.155. The molecule has 11 nitrogen and oxygen atoms in total. The fraction of sp³-hybridized carbons (Fsp3) is 0.520. The molecule has 1 aromatic rings. The van der Waals surface area contributed by atoms with Crippen LogP contribution >= 0.6 is 0 Å². The Morgan fingerprint density at radius 3 is 2.53 bits per heavy atom. The van der Waals surface area contributed by atoms with Gasteiger partial charge in [0.2, 0.25) is 11.8 Å². The van der Waals surface area contributed by atoms with E-state index in [1.54, 1.807) is 0 Å². The number of carbonyl (C=O) groups is 6. The Balaban J connectivity index is 1.47. The Morgan fingerprint density at radius 1 is 1.08 bits per heavy atom. The number of benzene rings is 1. The molecular weight excluding hydrogens is 470 g/mol. The van der Waals surface area contributed by atoms with E-state index >= 15 is 0 Å². The van der Waals surface area contributed by atoms with Crippen LogP contribution in [0.3, 0.4) is 0 Å². The van der Waals surface area contributed by atoms with Crippen molar-refractivity contribution in [2.45, 2.75) is 70.9 Å². The molecule has 1 fully saturated rings. The largest absolute Gasteiger partial charge is 0.483 e. The highest BCUT2D eigenvalue weighted by Crippen LogP contribution is 2.33. The summed E-state index contributed by atoms with van der Waals surface area (Å²) in [5.41, 5.74) is -0.444. The van der Waals surface area contributed by atoms with Gasteiger partial charge in [-0.1, -0.05) is 12.5 Å². The number of amides is 5. The van der Waals surface area contributed by atoms with Gasteiger partial charge in [-0.15, -0.1) is 0 Å². The highest BCUT2D eigenvalue weighted by molar-refractivity contribution is 6.24. The lowest BCUT2D eigenvalue weighted by Crippen LogP contribution is -2.54. The molecule has 0 bridgehead atoms. The van der Waals surface area contributed by atoms with Crippen LogP contribution in [0.15, 0.2) is 18.2 Å². The third kappa shape index (κ3) is 6.67. The van der Waals surface area contributed by atoms with Crippen molar-refractivity contribution in [3.05, 3.63) is 29.3 Å². The van der Waals surface area contributed by atoms with Gasteiger partial charge in [0.1, 0.15) is 17.4 Å². The Bertz CT molecular complexity index is 1080. The summed E-state index contributed by atoms with van der Waals surface area (Å²) in [4.78, 5) is 74.2. The molecule has 36 heavy (non-hydrogen) atoms. The standard InChI is InChI=1S/C25H31N3O8/c1-25(2,3)36-20(31)10-5-4-6-13-26-19(30)14-35-17-9-7-8-15-21(17)24(34)28(23(15)33)16-11-12-18(29)27-22(16)32/h7-9,16H,4-6,10-14H2,1-3H3,(H,26,30)(H,27,29,32). The van der Waals surface area contributed by atoms with Crippen LogP contribution in [-0.2, 0) is 23.9 Å². The Morgan fingerprint density at radius 2 is 1.83 bits per heavy atom. The number of rotatable bonds is 10. The van der Waals surface area contributed by atoms with E-state index < -0.39 is 41.2 Å². The number of imide groups is 2. The number of nitrogens with zero attached hydrogens (tertiary/aromatic N) is 1. The van der Waals surface area contributed by atoms with E-state index in [0.29, 0.717) is 25.8 Å². The van der Waals surface area contributed by atoms with Crippen molar-refractivity contribution < 1.29 is 38.2 Å². The van der Waals surface area contributed by atoms with Crippen molar-refractivity contribution in [3.63, 3.8) is 0 Å². The Labute approximate surface area is 208 Å². The second kappa shape index (κ2) is 11.3. The van der Waals surface area contributed by atoms with Crippen molar-refractivity contribution in [3.8, 4) is 5.75 Å². The fourth-order valence-electron chi connectivity index (χ4n) is 3.99. The number of hydrogen-bond acceptors (Lipinski definition) is 8. The smallest absolute Gasteiger partial charge is 0.306 e. The van der Waals surface area contributed by atoms with Crippen LogP contribution in [0.1, 0.15) is 80.0 Å². The summed E-state index contributed by atoms with van der Waals surface area (Å²) in [6.07, 6.45) is 2.44. The first-order chi connectivity index (χ1) is 17.0. The van der Waals surface area contributed by atoms with Crippen LogP contribution in [0.25, 0.3) is 0 Å². The third-order valence-corrected chi connectivity index (χ3v) is 5.59.